The molecule has 3 N–H and O–H groups in total. The van der Waals surface area contributed by atoms with E-state index in [4.69, 9.17) is 5.84 Å². The largest absolute Gasteiger partial charge is 0.335 e. The van der Waals surface area contributed by atoms with Crippen LogP contribution < -0.4 is 11.2 Å². The van der Waals surface area contributed by atoms with Gasteiger partial charge in [-0.3, -0.25) is 4.79 Å². The second-order valence-electron chi connectivity index (χ2n) is 7.07. The van der Waals surface area contributed by atoms with E-state index in [0.29, 0.717) is 11.0 Å². The fourth-order valence-corrected chi connectivity index (χ4v) is 3.84. The Morgan fingerprint density at radius 2 is 1.64 bits per heavy atom. The lowest BCUT2D eigenvalue weighted by molar-refractivity contribution is -0.115. The highest BCUT2D eigenvalue weighted by molar-refractivity contribution is 8.00. The van der Waals surface area contributed by atoms with Gasteiger partial charge in [-0.2, -0.15) is 0 Å². The molecule has 7 heteroatoms. The van der Waals surface area contributed by atoms with Crippen molar-refractivity contribution in [1.82, 2.24) is 14.9 Å². The molecule has 1 aromatic heterocycles. The molecule has 3 rings (SSSR count). The summed E-state index contributed by atoms with van der Waals surface area (Å²) in [5, 5.41) is 11.5. The molecule has 0 aliphatic heterocycles. The minimum absolute atomic E-state index is 0.0973. The molecule has 1 amide bonds. The molecule has 0 fully saturated rings. The zero-order chi connectivity index (χ0) is 20.4. The summed E-state index contributed by atoms with van der Waals surface area (Å²) in [5.74, 6) is 6.65. The van der Waals surface area contributed by atoms with E-state index in [0.717, 1.165) is 27.9 Å². The number of rotatable bonds is 5. The molecule has 2 aromatic carbocycles. The number of hydrogen-bond acceptors (Lipinski definition) is 5. The van der Waals surface area contributed by atoms with Crippen molar-refractivity contribution in [2.75, 3.05) is 11.2 Å². The molecule has 146 valence electrons. The van der Waals surface area contributed by atoms with Gasteiger partial charge in [0.1, 0.15) is 0 Å². The lowest BCUT2D eigenvalue weighted by Gasteiger charge is -2.16. The van der Waals surface area contributed by atoms with Crippen LogP contribution in [-0.4, -0.2) is 26.0 Å². The van der Waals surface area contributed by atoms with Gasteiger partial charge in [0.2, 0.25) is 11.1 Å². The molecule has 1 unspecified atom stereocenters. The van der Waals surface area contributed by atoms with E-state index in [1.54, 1.807) is 0 Å². The fraction of sp³-hybridized carbons (Fsp3) is 0.286. The second-order valence-corrected chi connectivity index (χ2v) is 8.37. The van der Waals surface area contributed by atoms with Gasteiger partial charge >= 0.3 is 0 Å². The van der Waals surface area contributed by atoms with Crippen LogP contribution in [-0.2, 0) is 4.79 Å². The van der Waals surface area contributed by atoms with E-state index in [9.17, 15) is 4.79 Å². The number of benzene rings is 2. The van der Waals surface area contributed by atoms with Crippen LogP contribution in [0.2, 0.25) is 0 Å². The lowest BCUT2D eigenvalue weighted by atomic mass is 10.1. The number of anilines is 1. The average Bonchev–Trinajstić information content (AvgIpc) is 2.99. The number of nitrogen functional groups attached to an aromatic ring is 1. The normalized spacial score (nSPS) is 12.0. The van der Waals surface area contributed by atoms with Gasteiger partial charge in [0.05, 0.1) is 5.25 Å². The van der Waals surface area contributed by atoms with Gasteiger partial charge in [-0.15, -0.1) is 10.2 Å². The fourth-order valence-electron chi connectivity index (χ4n) is 3.07. The third kappa shape index (κ3) is 4.20. The van der Waals surface area contributed by atoms with Crippen LogP contribution in [0.5, 0.6) is 0 Å². The van der Waals surface area contributed by atoms with E-state index >= 15 is 0 Å². The zero-order valence-electron chi connectivity index (χ0n) is 16.8. The SMILES string of the molecule is Cc1ccc(-c2nnc(SC(C)C(=O)Nc3c(C)cc(C)cc3C)n2N)cc1. The van der Waals surface area contributed by atoms with Crippen molar-refractivity contribution in [2.45, 2.75) is 45.0 Å². The minimum Gasteiger partial charge on any atom is -0.335 e. The highest BCUT2D eigenvalue weighted by atomic mass is 32.2. The maximum absolute atomic E-state index is 12.7. The summed E-state index contributed by atoms with van der Waals surface area (Å²) >= 11 is 1.28. The first-order valence-electron chi connectivity index (χ1n) is 9.09. The molecule has 0 bridgehead atoms. The van der Waals surface area contributed by atoms with Crippen LogP contribution in [0, 0.1) is 27.7 Å². The van der Waals surface area contributed by atoms with Gasteiger partial charge in [-0.1, -0.05) is 59.3 Å². The Kier molecular flexibility index (Phi) is 5.74. The van der Waals surface area contributed by atoms with Gasteiger partial charge in [0.15, 0.2) is 5.82 Å². The Balaban J connectivity index is 1.74. The number of nitrogens with two attached hydrogens (primary N) is 1. The number of carbonyl (C=O) groups is 1. The van der Waals surface area contributed by atoms with E-state index < -0.39 is 0 Å². The molecular weight excluding hydrogens is 370 g/mol. The molecule has 0 aliphatic carbocycles. The van der Waals surface area contributed by atoms with E-state index in [2.05, 4.69) is 27.6 Å². The van der Waals surface area contributed by atoms with Crippen molar-refractivity contribution in [1.29, 1.82) is 0 Å². The summed E-state index contributed by atoms with van der Waals surface area (Å²) in [4.78, 5) is 12.7. The predicted octanol–water partition coefficient (Wildman–Crippen LogP) is 4.01. The van der Waals surface area contributed by atoms with Gasteiger partial charge in [0, 0.05) is 11.3 Å². The number of nitrogens with zero attached hydrogens (tertiary/aromatic N) is 3. The van der Waals surface area contributed by atoms with Crippen molar-refractivity contribution in [3.8, 4) is 11.4 Å². The quantitative estimate of drug-likeness (QED) is 0.503. The van der Waals surface area contributed by atoms with Crippen LogP contribution in [0.3, 0.4) is 0 Å². The second kappa shape index (κ2) is 8.06. The topological polar surface area (TPSA) is 85.8 Å². The molecule has 0 aliphatic rings. The van der Waals surface area contributed by atoms with Crippen molar-refractivity contribution >= 4 is 23.4 Å². The van der Waals surface area contributed by atoms with E-state index in [1.807, 2.05) is 58.9 Å². The van der Waals surface area contributed by atoms with Crippen LogP contribution in [0.4, 0.5) is 5.69 Å². The van der Waals surface area contributed by atoms with Gasteiger partial charge in [-0.25, -0.2) is 4.68 Å². The molecule has 3 aromatic rings. The highest BCUT2D eigenvalue weighted by Gasteiger charge is 2.21. The maximum Gasteiger partial charge on any atom is 0.237 e. The molecule has 1 heterocycles. The first-order valence-corrected chi connectivity index (χ1v) is 9.97. The van der Waals surface area contributed by atoms with Crippen molar-refractivity contribution in [3.63, 3.8) is 0 Å². The Hall–Kier alpha value is -2.80. The van der Waals surface area contributed by atoms with Crippen molar-refractivity contribution in [2.24, 2.45) is 0 Å². The van der Waals surface area contributed by atoms with E-state index in [1.165, 1.54) is 22.0 Å². The van der Waals surface area contributed by atoms with Crippen molar-refractivity contribution < 1.29 is 4.79 Å². The number of amides is 1. The number of aryl methyl sites for hydroxylation is 4. The summed E-state index contributed by atoms with van der Waals surface area (Å²) in [7, 11) is 0. The number of hydrogen-bond donors (Lipinski definition) is 2. The summed E-state index contributed by atoms with van der Waals surface area (Å²) in [6.45, 7) is 9.90. The highest BCUT2D eigenvalue weighted by Crippen LogP contribution is 2.27. The van der Waals surface area contributed by atoms with E-state index in [-0.39, 0.29) is 11.2 Å². The third-order valence-electron chi connectivity index (χ3n) is 4.55. The summed E-state index contributed by atoms with van der Waals surface area (Å²) in [6.07, 6.45) is 0. The molecule has 0 saturated carbocycles. The zero-order valence-corrected chi connectivity index (χ0v) is 17.6. The summed E-state index contributed by atoms with van der Waals surface area (Å²) < 4.78 is 1.43. The van der Waals surface area contributed by atoms with Crippen molar-refractivity contribution in [3.05, 3.63) is 58.7 Å². The lowest BCUT2D eigenvalue weighted by Crippen LogP contribution is -2.24. The molecule has 6 nitrogen and oxygen atoms in total. The van der Waals surface area contributed by atoms with Crippen LogP contribution in [0.1, 0.15) is 29.2 Å². The van der Waals surface area contributed by atoms with Gasteiger partial charge < -0.3 is 11.2 Å². The van der Waals surface area contributed by atoms with Gasteiger partial charge in [-0.05, 0) is 45.7 Å². The number of aromatic nitrogens is 3. The molecule has 0 saturated heterocycles. The minimum atomic E-state index is -0.377. The molecular formula is C21H25N5OS. The Labute approximate surface area is 169 Å². The number of nitrogens with one attached hydrogen (secondary N) is 1. The molecule has 0 radical (unpaired) electrons. The smallest absolute Gasteiger partial charge is 0.237 e. The molecule has 0 spiro atoms. The molecule has 28 heavy (non-hydrogen) atoms. The predicted molar refractivity (Wildman–Crippen MR) is 115 cm³/mol. The Bertz CT molecular complexity index is 987. The van der Waals surface area contributed by atoms with Crippen LogP contribution >= 0.6 is 11.8 Å². The summed E-state index contributed by atoms with van der Waals surface area (Å²) in [6, 6.07) is 12.0. The van der Waals surface area contributed by atoms with Gasteiger partial charge in [0.25, 0.3) is 0 Å². The summed E-state index contributed by atoms with van der Waals surface area (Å²) in [5.41, 5.74) is 6.18. The standard InChI is InChI=1S/C21H25N5OS/c1-12-6-8-17(9-7-12)19-24-25-21(26(19)22)28-16(5)20(27)23-18-14(3)10-13(2)11-15(18)4/h6-11,16H,22H2,1-5H3,(H,23,27). The number of carbonyl (C=O) groups excluding carboxylic acids is 1. The average molecular weight is 396 g/mol. The third-order valence-corrected chi connectivity index (χ3v) is 5.61. The Morgan fingerprint density at radius 3 is 2.25 bits per heavy atom. The Morgan fingerprint density at radius 1 is 1.04 bits per heavy atom. The maximum atomic E-state index is 12.7. The molecule has 1 atom stereocenters. The monoisotopic (exact) mass is 395 g/mol. The number of thioether (sulfide) groups is 1. The first kappa shape index (κ1) is 19.9. The van der Waals surface area contributed by atoms with Crippen LogP contribution in [0.25, 0.3) is 11.4 Å². The first-order chi connectivity index (χ1) is 13.3. The van der Waals surface area contributed by atoms with Crippen LogP contribution in [0.15, 0.2) is 41.6 Å².